The molecule has 0 aliphatic rings. The van der Waals surface area contributed by atoms with Crippen molar-refractivity contribution in [2.45, 2.75) is 13.5 Å². The molecule has 2 aromatic rings. The Labute approximate surface area is 80.0 Å². The lowest BCUT2D eigenvalue weighted by Gasteiger charge is -1.94. The SMILES string of the molecule is Cc1cc(Cn2cc(N)nn2)cs1. The van der Waals surface area contributed by atoms with E-state index in [1.54, 1.807) is 22.2 Å². The molecule has 0 saturated carbocycles. The van der Waals surface area contributed by atoms with Crippen LogP contribution < -0.4 is 5.73 Å². The summed E-state index contributed by atoms with van der Waals surface area (Å²) >= 11 is 1.74. The first-order valence-corrected chi connectivity index (χ1v) is 4.81. The van der Waals surface area contributed by atoms with Gasteiger partial charge < -0.3 is 5.73 Å². The Morgan fingerprint density at radius 1 is 1.62 bits per heavy atom. The second kappa shape index (κ2) is 3.18. The third-order valence-electron chi connectivity index (χ3n) is 1.69. The summed E-state index contributed by atoms with van der Waals surface area (Å²) in [5, 5.41) is 9.70. The fourth-order valence-corrected chi connectivity index (χ4v) is 1.86. The van der Waals surface area contributed by atoms with Crippen LogP contribution in [0.15, 0.2) is 17.6 Å². The van der Waals surface area contributed by atoms with Crippen LogP contribution in [0, 0.1) is 6.92 Å². The maximum Gasteiger partial charge on any atom is 0.165 e. The van der Waals surface area contributed by atoms with Crippen molar-refractivity contribution in [2.24, 2.45) is 0 Å². The van der Waals surface area contributed by atoms with E-state index >= 15 is 0 Å². The van der Waals surface area contributed by atoms with Crippen molar-refractivity contribution in [3.05, 3.63) is 28.1 Å². The standard InChI is InChI=1S/C8H10N4S/c1-6-2-7(5-13-6)3-12-4-8(9)10-11-12/h2,4-5H,3,9H2,1H3. The van der Waals surface area contributed by atoms with Gasteiger partial charge in [0.15, 0.2) is 5.82 Å². The van der Waals surface area contributed by atoms with E-state index in [2.05, 4.69) is 28.7 Å². The van der Waals surface area contributed by atoms with Gasteiger partial charge in [-0.1, -0.05) is 5.21 Å². The van der Waals surface area contributed by atoms with Gasteiger partial charge in [0.05, 0.1) is 12.7 Å². The summed E-state index contributed by atoms with van der Waals surface area (Å²) in [5.74, 6) is 0.465. The van der Waals surface area contributed by atoms with Crippen LogP contribution in [-0.4, -0.2) is 15.0 Å². The molecule has 2 rings (SSSR count). The van der Waals surface area contributed by atoms with Crippen molar-refractivity contribution in [3.8, 4) is 0 Å². The lowest BCUT2D eigenvalue weighted by Crippen LogP contribution is -1.98. The van der Waals surface area contributed by atoms with Gasteiger partial charge in [0.25, 0.3) is 0 Å². The number of aryl methyl sites for hydroxylation is 1. The summed E-state index contributed by atoms with van der Waals surface area (Å²) in [5.41, 5.74) is 6.69. The molecule has 0 unspecified atom stereocenters. The highest BCUT2D eigenvalue weighted by molar-refractivity contribution is 7.10. The molecule has 0 aromatic carbocycles. The molecule has 0 bridgehead atoms. The molecular formula is C8H10N4S. The van der Waals surface area contributed by atoms with Gasteiger partial charge in [-0.15, -0.1) is 16.4 Å². The normalized spacial score (nSPS) is 10.5. The van der Waals surface area contributed by atoms with Gasteiger partial charge >= 0.3 is 0 Å². The Morgan fingerprint density at radius 2 is 2.46 bits per heavy atom. The zero-order valence-corrected chi connectivity index (χ0v) is 8.08. The summed E-state index contributed by atoms with van der Waals surface area (Å²) in [6, 6.07) is 2.14. The monoisotopic (exact) mass is 194 g/mol. The van der Waals surface area contributed by atoms with Gasteiger partial charge in [0, 0.05) is 4.88 Å². The van der Waals surface area contributed by atoms with E-state index in [1.165, 1.54) is 10.4 Å². The molecule has 0 aliphatic heterocycles. The van der Waals surface area contributed by atoms with Gasteiger partial charge in [-0.2, -0.15) is 0 Å². The Balaban J connectivity index is 2.14. The molecule has 4 nitrogen and oxygen atoms in total. The number of nitrogen functional groups attached to an aromatic ring is 1. The molecule has 68 valence electrons. The third-order valence-corrected chi connectivity index (χ3v) is 2.60. The number of nitrogens with zero attached hydrogens (tertiary/aromatic N) is 3. The first-order chi connectivity index (χ1) is 6.24. The zero-order chi connectivity index (χ0) is 9.26. The summed E-state index contributed by atoms with van der Waals surface area (Å²) < 4.78 is 1.73. The largest absolute Gasteiger partial charge is 0.381 e. The van der Waals surface area contributed by atoms with Gasteiger partial charge in [0.2, 0.25) is 0 Å². The topological polar surface area (TPSA) is 56.7 Å². The van der Waals surface area contributed by atoms with Crippen LogP contribution in [0.4, 0.5) is 5.82 Å². The van der Waals surface area contributed by atoms with Gasteiger partial charge in [-0.3, -0.25) is 0 Å². The van der Waals surface area contributed by atoms with Crippen LogP contribution >= 0.6 is 11.3 Å². The van der Waals surface area contributed by atoms with E-state index < -0.39 is 0 Å². The number of rotatable bonds is 2. The Bertz CT molecular complexity index is 365. The Morgan fingerprint density at radius 3 is 3.00 bits per heavy atom. The number of anilines is 1. The van der Waals surface area contributed by atoms with Crippen LogP contribution in [0.1, 0.15) is 10.4 Å². The summed E-state index contributed by atoms with van der Waals surface area (Å²) in [6.07, 6.45) is 1.73. The molecule has 5 heteroatoms. The number of hydrogen-bond acceptors (Lipinski definition) is 4. The molecule has 0 atom stereocenters. The predicted octanol–water partition coefficient (Wildman–Crippen LogP) is 1.28. The molecular weight excluding hydrogens is 184 g/mol. The molecule has 0 saturated heterocycles. The van der Waals surface area contributed by atoms with E-state index in [0.717, 1.165) is 6.54 Å². The van der Waals surface area contributed by atoms with Crippen molar-refractivity contribution in [1.29, 1.82) is 0 Å². The van der Waals surface area contributed by atoms with Gasteiger partial charge in [-0.05, 0) is 23.9 Å². The van der Waals surface area contributed by atoms with Crippen molar-refractivity contribution in [1.82, 2.24) is 15.0 Å². The summed E-state index contributed by atoms with van der Waals surface area (Å²) in [6.45, 7) is 2.83. The highest BCUT2D eigenvalue weighted by atomic mass is 32.1. The molecule has 2 aromatic heterocycles. The average molecular weight is 194 g/mol. The van der Waals surface area contributed by atoms with Crippen LogP contribution in [-0.2, 0) is 6.54 Å². The molecule has 2 heterocycles. The fraction of sp³-hybridized carbons (Fsp3) is 0.250. The molecule has 0 amide bonds. The second-order valence-corrected chi connectivity index (χ2v) is 4.02. The van der Waals surface area contributed by atoms with Crippen molar-refractivity contribution >= 4 is 17.2 Å². The van der Waals surface area contributed by atoms with E-state index in [9.17, 15) is 0 Å². The second-order valence-electron chi connectivity index (χ2n) is 2.91. The molecule has 0 aliphatic carbocycles. The molecule has 0 fully saturated rings. The van der Waals surface area contributed by atoms with E-state index in [-0.39, 0.29) is 0 Å². The van der Waals surface area contributed by atoms with Gasteiger partial charge in [-0.25, -0.2) is 4.68 Å². The highest BCUT2D eigenvalue weighted by Gasteiger charge is 1.99. The Hall–Kier alpha value is -1.36. The first-order valence-electron chi connectivity index (χ1n) is 3.93. The predicted molar refractivity (Wildman–Crippen MR) is 52.6 cm³/mol. The minimum absolute atomic E-state index is 0.465. The molecule has 2 N–H and O–H groups in total. The fourth-order valence-electron chi connectivity index (χ4n) is 1.16. The molecule has 0 radical (unpaired) electrons. The number of hydrogen-bond donors (Lipinski definition) is 1. The molecule has 0 spiro atoms. The number of thiophene rings is 1. The quantitative estimate of drug-likeness (QED) is 0.783. The lowest BCUT2D eigenvalue weighted by atomic mass is 10.3. The third kappa shape index (κ3) is 1.86. The molecule has 13 heavy (non-hydrogen) atoms. The van der Waals surface area contributed by atoms with E-state index in [4.69, 9.17) is 5.73 Å². The lowest BCUT2D eigenvalue weighted by molar-refractivity contribution is 0.651. The van der Waals surface area contributed by atoms with Crippen molar-refractivity contribution in [2.75, 3.05) is 5.73 Å². The van der Waals surface area contributed by atoms with Crippen molar-refractivity contribution in [3.63, 3.8) is 0 Å². The average Bonchev–Trinajstić information content (AvgIpc) is 2.62. The van der Waals surface area contributed by atoms with Crippen LogP contribution in [0.5, 0.6) is 0 Å². The maximum atomic E-state index is 5.45. The number of nitrogens with two attached hydrogens (primary N) is 1. The highest BCUT2D eigenvalue weighted by Crippen LogP contribution is 2.13. The number of aromatic nitrogens is 3. The van der Waals surface area contributed by atoms with Crippen LogP contribution in [0.3, 0.4) is 0 Å². The van der Waals surface area contributed by atoms with E-state index in [0.29, 0.717) is 5.82 Å². The first kappa shape index (κ1) is 8.25. The Kier molecular flexibility index (Phi) is 2.02. The van der Waals surface area contributed by atoms with Crippen LogP contribution in [0.2, 0.25) is 0 Å². The minimum Gasteiger partial charge on any atom is -0.381 e. The van der Waals surface area contributed by atoms with Crippen LogP contribution in [0.25, 0.3) is 0 Å². The minimum atomic E-state index is 0.465. The maximum absolute atomic E-state index is 5.45. The summed E-state index contributed by atoms with van der Waals surface area (Å²) in [4.78, 5) is 1.31. The zero-order valence-electron chi connectivity index (χ0n) is 7.27. The van der Waals surface area contributed by atoms with Crippen molar-refractivity contribution < 1.29 is 0 Å². The smallest absolute Gasteiger partial charge is 0.165 e. The van der Waals surface area contributed by atoms with E-state index in [1.807, 2.05) is 0 Å². The van der Waals surface area contributed by atoms with Gasteiger partial charge in [0.1, 0.15) is 0 Å². The summed E-state index contributed by atoms with van der Waals surface area (Å²) in [7, 11) is 0.